The van der Waals surface area contributed by atoms with Crippen molar-refractivity contribution in [2.45, 2.75) is 38.6 Å². The quantitative estimate of drug-likeness (QED) is 0.752. The van der Waals surface area contributed by atoms with Crippen molar-refractivity contribution in [1.82, 2.24) is 4.90 Å². The van der Waals surface area contributed by atoms with Crippen LogP contribution < -0.4 is 5.32 Å². The van der Waals surface area contributed by atoms with Gasteiger partial charge in [-0.1, -0.05) is 6.07 Å². The molecule has 7 heteroatoms. The van der Waals surface area contributed by atoms with E-state index < -0.39 is 0 Å². The van der Waals surface area contributed by atoms with E-state index in [0.29, 0.717) is 10.6 Å². The smallest absolute Gasteiger partial charge is 0.341 e. The largest absolute Gasteiger partial charge is 0.465 e. The number of esters is 1. The van der Waals surface area contributed by atoms with E-state index in [1.807, 2.05) is 23.4 Å². The maximum Gasteiger partial charge on any atom is 0.341 e. The predicted molar refractivity (Wildman–Crippen MR) is 106 cm³/mol. The van der Waals surface area contributed by atoms with Gasteiger partial charge >= 0.3 is 5.97 Å². The summed E-state index contributed by atoms with van der Waals surface area (Å²) in [5.74, 6) is -0.473. The van der Waals surface area contributed by atoms with Crippen molar-refractivity contribution in [3.8, 4) is 0 Å². The Balaban J connectivity index is 1.73. The molecule has 1 amide bonds. The Morgan fingerprint density at radius 1 is 1.35 bits per heavy atom. The Hall–Kier alpha value is -1.70. The zero-order chi connectivity index (χ0) is 18.7. The molecule has 0 spiro atoms. The molecule has 2 aromatic rings. The fourth-order valence-corrected chi connectivity index (χ4v) is 5.39. The summed E-state index contributed by atoms with van der Waals surface area (Å²) in [7, 11) is 3.32. The van der Waals surface area contributed by atoms with Gasteiger partial charge in [0.15, 0.2) is 0 Å². The summed E-state index contributed by atoms with van der Waals surface area (Å²) in [4.78, 5) is 29.3. The minimum absolute atomic E-state index is 0.111. The molecule has 0 saturated carbocycles. The van der Waals surface area contributed by atoms with Crippen LogP contribution in [0.5, 0.6) is 0 Å². The van der Waals surface area contributed by atoms with Gasteiger partial charge in [0.05, 0.1) is 19.2 Å². The Bertz CT molecular complexity index is 783. The van der Waals surface area contributed by atoms with Crippen LogP contribution >= 0.6 is 22.7 Å². The highest BCUT2D eigenvalue weighted by Crippen LogP contribution is 2.38. The van der Waals surface area contributed by atoms with E-state index >= 15 is 0 Å². The second kappa shape index (κ2) is 8.33. The highest BCUT2D eigenvalue weighted by atomic mass is 32.1. The van der Waals surface area contributed by atoms with Crippen molar-refractivity contribution in [2.24, 2.45) is 0 Å². The van der Waals surface area contributed by atoms with Gasteiger partial charge in [-0.3, -0.25) is 9.69 Å². The van der Waals surface area contributed by atoms with Crippen molar-refractivity contribution >= 4 is 39.6 Å². The fraction of sp³-hybridized carbons (Fsp3) is 0.474. The van der Waals surface area contributed by atoms with Crippen LogP contribution in [0.15, 0.2) is 17.5 Å². The summed E-state index contributed by atoms with van der Waals surface area (Å²) in [5, 5.41) is 5.63. The molecule has 1 N–H and O–H groups in total. The zero-order valence-corrected chi connectivity index (χ0v) is 17.0. The SMILES string of the molecule is COC(=O)c1c(NC(=O)CN(C)C(C)c2cccs2)sc2c1CCCC2. The Kier molecular flexibility index (Phi) is 6.11. The molecule has 26 heavy (non-hydrogen) atoms. The Morgan fingerprint density at radius 2 is 2.12 bits per heavy atom. The van der Waals surface area contributed by atoms with Gasteiger partial charge in [0.1, 0.15) is 5.00 Å². The molecular formula is C19H24N2O3S2. The molecule has 5 nitrogen and oxygen atoms in total. The summed E-state index contributed by atoms with van der Waals surface area (Å²) in [6.45, 7) is 2.35. The number of ether oxygens (including phenoxy) is 1. The van der Waals surface area contributed by atoms with E-state index in [2.05, 4.69) is 18.3 Å². The minimum atomic E-state index is -0.361. The van der Waals surface area contributed by atoms with Crippen LogP contribution in [0.3, 0.4) is 0 Å². The second-order valence-electron chi connectivity index (χ2n) is 6.56. The lowest BCUT2D eigenvalue weighted by Crippen LogP contribution is -2.32. The van der Waals surface area contributed by atoms with Crippen molar-refractivity contribution in [1.29, 1.82) is 0 Å². The van der Waals surface area contributed by atoms with E-state index in [0.717, 1.165) is 31.2 Å². The van der Waals surface area contributed by atoms with Gasteiger partial charge in [-0.05, 0) is 56.7 Å². The number of thiophene rings is 2. The van der Waals surface area contributed by atoms with Gasteiger partial charge in [-0.15, -0.1) is 22.7 Å². The molecular weight excluding hydrogens is 368 g/mol. The van der Waals surface area contributed by atoms with Crippen LogP contribution in [-0.4, -0.2) is 37.5 Å². The maximum absolute atomic E-state index is 12.6. The van der Waals surface area contributed by atoms with Crippen LogP contribution in [-0.2, 0) is 22.4 Å². The van der Waals surface area contributed by atoms with Gasteiger partial charge in [0.2, 0.25) is 5.91 Å². The van der Waals surface area contributed by atoms with E-state index in [9.17, 15) is 9.59 Å². The lowest BCUT2D eigenvalue weighted by atomic mass is 9.95. The standard InChI is InChI=1S/C19H24N2O3S2/c1-12(14-9-6-10-25-14)21(2)11-16(22)20-18-17(19(23)24-3)13-7-4-5-8-15(13)26-18/h6,9-10,12H,4-5,7-8,11H2,1-3H3,(H,20,22). The lowest BCUT2D eigenvalue weighted by Gasteiger charge is -2.23. The highest BCUT2D eigenvalue weighted by Gasteiger charge is 2.27. The topological polar surface area (TPSA) is 58.6 Å². The van der Waals surface area contributed by atoms with Gasteiger partial charge in [0, 0.05) is 15.8 Å². The number of hydrogen-bond acceptors (Lipinski definition) is 6. The monoisotopic (exact) mass is 392 g/mol. The number of hydrogen-bond donors (Lipinski definition) is 1. The molecule has 1 aliphatic carbocycles. The number of likely N-dealkylation sites (N-methyl/N-ethyl adjacent to an activating group) is 1. The predicted octanol–water partition coefficient (Wildman–Crippen LogP) is 4.11. The number of aryl methyl sites for hydroxylation is 1. The molecule has 140 valence electrons. The van der Waals surface area contributed by atoms with E-state index in [1.165, 1.54) is 28.2 Å². The molecule has 3 rings (SSSR count). The first kappa shape index (κ1) is 19.1. The number of nitrogens with one attached hydrogen (secondary N) is 1. The first-order valence-electron chi connectivity index (χ1n) is 8.77. The number of carbonyl (C=O) groups excluding carboxylic acids is 2. The molecule has 2 aromatic heterocycles. The number of amides is 1. The van der Waals surface area contributed by atoms with Crippen molar-refractivity contribution in [3.05, 3.63) is 38.4 Å². The highest BCUT2D eigenvalue weighted by molar-refractivity contribution is 7.17. The third-order valence-corrected chi connectivity index (χ3v) is 7.07. The first-order valence-corrected chi connectivity index (χ1v) is 10.5. The maximum atomic E-state index is 12.6. The summed E-state index contributed by atoms with van der Waals surface area (Å²) >= 11 is 3.20. The van der Waals surface area contributed by atoms with Gasteiger partial charge in [-0.2, -0.15) is 0 Å². The number of methoxy groups -OCH3 is 1. The van der Waals surface area contributed by atoms with Crippen molar-refractivity contribution < 1.29 is 14.3 Å². The van der Waals surface area contributed by atoms with Gasteiger partial charge in [-0.25, -0.2) is 4.79 Å². The molecule has 1 aliphatic rings. The van der Waals surface area contributed by atoms with Crippen LogP contribution in [0.4, 0.5) is 5.00 Å². The molecule has 0 aliphatic heterocycles. The molecule has 1 unspecified atom stereocenters. The van der Waals surface area contributed by atoms with Crippen LogP contribution in [0, 0.1) is 0 Å². The third kappa shape index (κ3) is 4.00. The number of carbonyl (C=O) groups is 2. The third-order valence-electron chi connectivity index (χ3n) is 4.82. The average molecular weight is 393 g/mol. The van der Waals surface area contributed by atoms with Gasteiger partial charge < -0.3 is 10.1 Å². The summed E-state index contributed by atoms with van der Waals surface area (Å²) < 4.78 is 4.96. The zero-order valence-electron chi connectivity index (χ0n) is 15.3. The van der Waals surface area contributed by atoms with E-state index in [-0.39, 0.29) is 24.5 Å². The number of rotatable bonds is 6. The number of anilines is 1. The van der Waals surface area contributed by atoms with Crippen LogP contribution in [0.25, 0.3) is 0 Å². The number of fused-ring (bicyclic) bond motifs is 1. The molecule has 2 heterocycles. The normalized spacial score (nSPS) is 14.8. The summed E-state index contributed by atoms with van der Waals surface area (Å²) in [6.07, 6.45) is 4.04. The second-order valence-corrected chi connectivity index (χ2v) is 8.65. The Labute approximate surface area is 162 Å². The van der Waals surface area contributed by atoms with Crippen molar-refractivity contribution in [3.63, 3.8) is 0 Å². The first-order chi connectivity index (χ1) is 12.5. The van der Waals surface area contributed by atoms with E-state index in [4.69, 9.17) is 4.74 Å². The molecule has 0 fully saturated rings. The molecule has 0 bridgehead atoms. The average Bonchev–Trinajstić information content (AvgIpc) is 3.27. The summed E-state index contributed by atoms with van der Waals surface area (Å²) in [5.41, 5.74) is 1.61. The van der Waals surface area contributed by atoms with Gasteiger partial charge in [0.25, 0.3) is 0 Å². The molecule has 0 radical (unpaired) electrons. The molecule has 1 atom stereocenters. The Morgan fingerprint density at radius 3 is 2.81 bits per heavy atom. The van der Waals surface area contributed by atoms with Crippen molar-refractivity contribution in [2.75, 3.05) is 26.0 Å². The molecule has 0 aromatic carbocycles. The number of nitrogens with zero attached hydrogens (tertiary/aromatic N) is 1. The van der Waals surface area contributed by atoms with E-state index in [1.54, 1.807) is 11.3 Å². The minimum Gasteiger partial charge on any atom is -0.465 e. The summed E-state index contributed by atoms with van der Waals surface area (Å²) in [6, 6.07) is 4.26. The molecule has 0 saturated heterocycles. The van der Waals surface area contributed by atoms with Crippen LogP contribution in [0.1, 0.15) is 51.5 Å². The fourth-order valence-electron chi connectivity index (χ4n) is 3.25. The lowest BCUT2D eigenvalue weighted by molar-refractivity contribution is -0.117. The van der Waals surface area contributed by atoms with Crippen LogP contribution in [0.2, 0.25) is 0 Å².